The Morgan fingerprint density at radius 2 is 0.786 bits per heavy atom. The zero-order valence-electron chi connectivity index (χ0n) is 16.9. The summed E-state index contributed by atoms with van der Waals surface area (Å²) in [7, 11) is -5.70. The molecule has 0 saturated carbocycles. The van der Waals surface area contributed by atoms with E-state index in [1.807, 2.05) is 0 Å². The molecule has 0 aliphatic rings. The maximum Gasteiger partial charge on any atom is 1.00 e. The molecule has 0 amide bonds. The number of hydrogen-bond acceptors (Lipinski definition) is 0. The molecule has 0 heterocycles. The molecule has 0 aromatic heterocycles. The van der Waals surface area contributed by atoms with Gasteiger partial charge >= 0.3 is 29.6 Å². The van der Waals surface area contributed by atoms with E-state index in [1.54, 1.807) is 10.6 Å². The van der Waals surface area contributed by atoms with Crippen molar-refractivity contribution in [1.82, 2.24) is 0 Å². The molecule has 0 aliphatic heterocycles. The van der Waals surface area contributed by atoms with Crippen LogP contribution in [0, 0.1) is 0 Å². The zero-order valence-corrected chi connectivity index (χ0v) is 20.8. The molecule has 2 aromatic rings. The van der Waals surface area contributed by atoms with Crippen molar-refractivity contribution in [3.8, 4) is 0 Å². The molecule has 0 bridgehead atoms. The van der Waals surface area contributed by atoms with Gasteiger partial charge in [-0.15, -0.1) is 0 Å². The summed E-state index contributed by atoms with van der Waals surface area (Å²) in [5.41, 5.74) is 0. The first-order chi connectivity index (χ1) is 12.8. The summed E-state index contributed by atoms with van der Waals surface area (Å²) in [6.45, 7) is 9.12. The van der Waals surface area contributed by atoms with Crippen LogP contribution in [0.2, 0.25) is 0 Å². The van der Waals surface area contributed by atoms with Crippen molar-refractivity contribution < 1.29 is 39.6 Å². The van der Waals surface area contributed by atoms with Gasteiger partial charge in [-0.05, 0) is 35.3 Å². The van der Waals surface area contributed by atoms with Crippen LogP contribution in [0.4, 0.5) is 17.3 Å². The van der Waals surface area contributed by atoms with Crippen LogP contribution in [0.25, 0.3) is 0 Å². The predicted octanol–water partition coefficient (Wildman–Crippen LogP) is 6.96. The minimum absolute atomic E-state index is 0. The summed E-state index contributed by atoms with van der Waals surface area (Å²) in [6.07, 6.45) is 5.26. The molecule has 162 valence electrons. The van der Waals surface area contributed by atoms with Gasteiger partial charge in [0.1, 0.15) is 0 Å². The van der Waals surface area contributed by atoms with E-state index in [-0.39, 0.29) is 38.2 Å². The minimum Gasteiger partial charge on any atom is -0.418 e. The molecule has 28 heavy (non-hydrogen) atoms. The van der Waals surface area contributed by atoms with E-state index in [0.717, 1.165) is 0 Å². The van der Waals surface area contributed by atoms with Crippen molar-refractivity contribution in [2.24, 2.45) is 0 Å². The first-order valence-electron chi connectivity index (χ1n) is 9.23. The van der Waals surface area contributed by atoms with Crippen molar-refractivity contribution in [2.45, 2.75) is 27.7 Å². The summed E-state index contributed by atoms with van der Waals surface area (Å²) in [5, 5.41) is 3.10. The molecule has 2 aromatic carbocycles. The van der Waals surface area contributed by atoms with Crippen molar-refractivity contribution in [1.29, 1.82) is 0 Å². The van der Waals surface area contributed by atoms with Crippen molar-refractivity contribution >= 4 is 33.7 Å². The molecule has 0 atom stereocenters. The second-order valence-corrected chi connectivity index (χ2v) is 11.2. The molecule has 0 unspecified atom stereocenters. The van der Waals surface area contributed by atoms with Gasteiger partial charge in [-0.3, -0.25) is 0 Å². The van der Waals surface area contributed by atoms with Gasteiger partial charge in [0.2, 0.25) is 0 Å². The molecule has 0 saturated heterocycles. The van der Waals surface area contributed by atoms with Crippen LogP contribution in [-0.4, -0.2) is 31.9 Å². The summed E-state index contributed by atoms with van der Waals surface area (Å²) >= 11 is 0. The molecule has 0 nitrogen and oxygen atoms in total. The Kier molecular flexibility index (Phi) is 18.9. The van der Waals surface area contributed by atoms with E-state index in [0.29, 0.717) is 0 Å². The number of halogens is 4. The van der Waals surface area contributed by atoms with Gasteiger partial charge in [0.15, 0.2) is 0 Å². The van der Waals surface area contributed by atoms with Crippen LogP contribution in [0.15, 0.2) is 60.7 Å². The van der Waals surface area contributed by atoms with Gasteiger partial charge in [-0.1, -0.05) is 104 Å². The molecule has 8 heteroatoms. The maximum atomic E-state index is 9.75. The van der Waals surface area contributed by atoms with Gasteiger partial charge < -0.3 is 17.3 Å². The fourth-order valence-electron chi connectivity index (χ4n) is 2.46. The SMILES string of the molecule is CCP(CC)c1ccccc1.CCP(CC)c1ccccc1.F[B-](F)(F)F.[Au+]. The summed E-state index contributed by atoms with van der Waals surface area (Å²) in [4.78, 5) is 0. The fraction of sp³-hybridized carbons (Fsp3) is 0.400. The van der Waals surface area contributed by atoms with E-state index >= 15 is 0 Å². The maximum absolute atomic E-state index is 9.75. The Bertz CT molecular complexity index is 524. The van der Waals surface area contributed by atoms with Crippen molar-refractivity contribution in [3.05, 3.63) is 60.7 Å². The molecule has 0 fully saturated rings. The Hall–Kier alpha value is -0.175. The largest absolute Gasteiger partial charge is 1.00 e. The second kappa shape index (κ2) is 17.7. The van der Waals surface area contributed by atoms with Crippen molar-refractivity contribution in [3.63, 3.8) is 0 Å². The van der Waals surface area contributed by atoms with E-state index in [4.69, 9.17) is 0 Å². The monoisotopic (exact) mass is 616 g/mol. The van der Waals surface area contributed by atoms with Crippen LogP contribution in [0.5, 0.6) is 0 Å². The van der Waals surface area contributed by atoms with E-state index < -0.39 is 7.25 Å². The van der Waals surface area contributed by atoms with E-state index in [1.165, 1.54) is 24.6 Å². The average molecular weight is 616 g/mol. The number of rotatable bonds is 6. The average Bonchev–Trinajstić information content (AvgIpc) is 2.65. The predicted molar refractivity (Wildman–Crippen MR) is 118 cm³/mol. The molecule has 0 spiro atoms. The number of hydrogen-bond donors (Lipinski definition) is 0. The van der Waals surface area contributed by atoms with Crippen LogP contribution in [-0.2, 0) is 22.4 Å². The summed E-state index contributed by atoms with van der Waals surface area (Å²) in [5.74, 6) is 0. The molecular weight excluding hydrogens is 586 g/mol. The topological polar surface area (TPSA) is 0 Å². The van der Waals surface area contributed by atoms with Crippen LogP contribution >= 0.6 is 15.8 Å². The van der Waals surface area contributed by atoms with E-state index in [9.17, 15) is 17.3 Å². The van der Waals surface area contributed by atoms with Crippen LogP contribution < -0.4 is 10.6 Å². The summed E-state index contributed by atoms with van der Waals surface area (Å²) < 4.78 is 39.0. The van der Waals surface area contributed by atoms with Gasteiger partial charge in [0.05, 0.1) is 0 Å². The van der Waals surface area contributed by atoms with Gasteiger partial charge in [-0.25, -0.2) is 0 Å². The third-order valence-electron chi connectivity index (χ3n) is 3.77. The van der Waals surface area contributed by atoms with Crippen molar-refractivity contribution in [2.75, 3.05) is 24.6 Å². The third kappa shape index (κ3) is 15.7. The molecular formula is C20H30AuBF4P2. The van der Waals surface area contributed by atoms with Gasteiger partial charge in [0, 0.05) is 0 Å². The zero-order chi connectivity index (χ0) is 20.7. The van der Waals surface area contributed by atoms with Gasteiger partial charge in [-0.2, -0.15) is 0 Å². The quantitative estimate of drug-likeness (QED) is 0.187. The minimum atomic E-state index is -6.00. The Morgan fingerprint density at radius 3 is 0.964 bits per heavy atom. The standard InChI is InChI=1S/2C10H15P.Au.BF4/c2*1-3-11(4-2)10-8-6-5-7-9-10;;2-1(3,4)5/h2*5-9H,3-4H2,1-2H3;;/q;;+1;-1. The first kappa shape index (κ1) is 30.0. The molecule has 2 rings (SSSR count). The first-order valence-corrected chi connectivity index (χ1v) is 12.7. The fourth-order valence-corrected chi connectivity index (χ4v) is 6.00. The molecule has 0 aliphatic carbocycles. The summed E-state index contributed by atoms with van der Waals surface area (Å²) in [6, 6.07) is 21.7. The smallest absolute Gasteiger partial charge is 0.418 e. The molecule has 0 N–H and O–H groups in total. The Labute approximate surface area is 186 Å². The molecule has 0 radical (unpaired) electrons. The third-order valence-corrected chi connectivity index (χ3v) is 8.88. The van der Waals surface area contributed by atoms with Crippen LogP contribution in [0.3, 0.4) is 0 Å². The van der Waals surface area contributed by atoms with Crippen LogP contribution in [0.1, 0.15) is 27.7 Å². The Morgan fingerprint density at radius 1 is 0.571 bits per heavy atom. The van der Waals surface area contributed by atoms with E-state index in [2.05, 4.69) is 88.4 Å². The normalized spacial score (nSPS) is 10.4. The Balaban J connectivity index is 0. The number of benzene rings is 2. The second-order valence-electron chi connectivity index (χ2n) is 5.51. The van der Waals surface area contributed by atoms with Gasteiger partial charge in [0.25, 0.3) is 0 Å².